The number of hydrogen-bond acceptors (Lipinski definition) is 4. The summed E-state index contributed by atoms with van der Waals surface area (Å²) in [6.07, 6.45) is 0. The summed E-state index contributed by atoms with van der Waals surface area (Å²) in [7, 11) is 0. The van der Waals surface area contributed by atoms with E-state index in [9.17, 15) is 9.59 Å². The third kappa shape index (κ3) is 3.23. The van der Waals surface area contributed by atoms with Crippen molar-refractivity contribution in [2.24, 2.45) is 0 Å². The lowest BCUT2D eigenvalue weighted by Gasteiger charge is -2.10. The van der Waals surface area contributed by atoms with Crippen molar-refractivity contribution in [2.75, 3.05) is 18.4 Å². The number of nitrogens with one attached hydrogen (secondary N) is 2. The van der Waals surface area contributed by atoms with Crippen molar-refractivity contribution >= 4 is 28.5 Å². The van der Waals surface area contributed by atoms with E-state index in [-0.39, 0.29) is 11.6 Å². The molecule has 2 rings (SSSR count). The molecular weight excluding hydrogens is 258 g/mol. The van der Waals surface area contributed by atoms with Crippen molar-refractivity contribution in [3.05, 3.63) is 36.0 Å². The zero-order valence-electron chi connectivity index (χ0n) is 11.0. The zero-order valence-corrected chi connectivity index (χ0v) is 11.0. The quantitative estimate of drug-likeness (QED) is 0.718. The number of anilines is 1. The van der Waals surface area contributed by atoms with Crippen LogP contribution in [0, 0.1) is 0 Å². The first kappa shape index (κ1) is 13.8. The van der Waals surface area contributed by atoms with Crippen LogP contribution in [0.15, 0.2) is 30.3 Å². The number of carboxylic acids is 1. The van der Waals surface area contributed by atoms with Crippen LogP contribution in [0.4, 0.5) is 5.69 Å². The van der Waals surface area contributed by atoms with Crippen molar-refractivity contribution in [2.45, 2.75) is 6.92 Å². The minimum atomic E-state index is -1.07. The number of pyridine rings is 1. The lowest BCUT2D eigenvalue weighted by molar-refractivity contribution is -0.118. The van der Waals surface area contributed by atoms with Crippen molar-refractivity contribution in [3.63, 3.8) is 0 Å². The molecule has 0 radical (unpaired) electrons. The number of hydrogen-bond donors (Lipinski definition) is 3. The smallest absolute Gasteiger partial charge is 0.354 e. The van der Waals surface area contributed by atoms with Gasteiger partial charge in [0.2, 0.25) is 5.91 Å². The predicted octanol–water partition coefficient (Wildman–Crippen LogP) is 1.48. The summed E-state index contributed by atoms with van der Waals surface area (Å²) in [4.78, 5) is 25.9. The van der Waals surface area contributed by atoms with Gasteiger partial charge in [-0.25, -0.2) is 9.78 Å². The molecule has 0 unspecified atom stereocenters. The van der Waals surface area contributed by atoms with Gasteiger partial charge in [0.25, 0.3) is 0 Å². The molecule has 1 heterocycles. The van der Waals surface area contributed by atoms with Crippen LogP contribution in [0.1, 0.15) is 17.4 Å². The molecule has 3 N–H and O–H groups in total. The van der Waals surface area contributed by atoms with Crippen molar-refractivity contribution in [1.29, 1.82) is 0 Å². The van der Waals surface area contributed by atoms with Gasteiger partial charge in [-0.2, -0.15) is 0 Å². The maximum absolute atomic E-state index is 11.1. The first-order valence-corrected chi connectivity index (χ1v) is 6.19. The fourth-order valence-corrected chi connectivity index (χ4v) is 1.87. The molecule has 20 heavy (non-hydrogen) atoms. The molecule has 6 heteroatoms. The highest BCUT2D eigenvalue weighted by atomic mass is 16.4. The first-order chi connectivity index (χ1) is 9.58. The highest BCUT2D eigenvalue weighted by Crippen LogP contribution is 2.22. The van der Waals surface area contributed by atoms with Crippen LogP contribution in [0.25, 0.3) is 10.9 Å². The van der Waals surface area contributed by atoms with Crippen molar-refractivity contribution < 1.29 is 14.7 Å². The first-order valence-electron chi connectivity index (χ1n) is 6.19. The number of amides is 1. The minimum absolute atomic E-state index is 0.00859. The van der Waals surface area contributed by atoms with E-state index in [1.165, 1.54) is 13.0 Å². The summed E-state index contributed by atoms with van der Waals surface area (Å²) in [6.45, 7) is 2.42. The molecule has 0 atom stereocenters. The van der Waals surface area contributed by atoms with E-state index in [1.807, 2.05) is 18.2 Å². The molecule has 0 fully saturated rings. The van der Waals surface area contributed by atoms with E-state index in [0.29, 0.717) is 24.3 Å². The largest absolute Gasteiger partial charge is 0.477 e. The zero-order chi connectivity index (χ0) is 14.5. The molecule has 2 aromatic rings. The Morgan fingerprint density at radius 3 is 2.70 bits per heavy atom. The highest BCUT2D eigenvalue weighted by molar-refractivity contribution is 5.97. The van der Waals surface area contributed by atoms with Gasteiger partial charge >= 0.3 is 5.97 Å². The molecule has 1 aromatic heterocycles. The number of rotatable bonds is 5. The van der Waals surface area contributed by atoms with Crippen LogP contribution in [-0.4, -0.2) is 35.1 Å². The van der Waals surface area contributed by atoms with E-state index in [2.05, 4.69) is 15.6 Å². The monoisotopic (exact) mass is 273 g/mol. The van der Waals surface area contributed by atoms with Crippen LogP contribution in [0.2, 0.25) is 0 Å². The number of carbonyl (C=O) groups is 2. The minimum Gasteiger partial charge on any atom is -0.477 e. The molecule has 1 aromatic carbocycles. The Balaban J connectivity index is 2.25. The van der Waals surface area contributed by atoms with Gasteiger partial charge in [-0.3, -0.25) is 4.79 Å². The molecule has 0 bridgehead atoms. The predicted molar refractivity (Wildman–Crippen MR) is 75.9 cm³/mol. The van der Waals surface area contributed by atoms with Crippen LogP contribution < -0.4 is 10.6 Å². The van der Waals surface area contributed by atoms with Crippen molar-refractivity contribution in [3.8, 4) is 0 Å². The lowest BCUT2D eigenvalue weighted by atomic mass is 10.1. The second-order valence-electron chi connectivity index (χ2n) is 4.29. The van der Waals surface area contributed by atoms with E-state index in [0.717, 1.165) is 5.39 Å². The number of carboxylic acid groups (broad SMARTS) is 1. The van der Waals surface area contributed by atoms with Crippen LogP contribution in [0.3, 0.4) is 0 Å². The fourth-order valence-electron chi connectivity index (χ4n) is 1.87. The maximum Gasteiger partial charge on any atom is 0.354 e. The van der Waals surface area contributed by atoms with E-state index in [1.54, 1.807) is 6.07 Å². The number of para-hydroxylation sites is 1. The second kappa shape index (κ2) is 6.01. The SMILES string of the molecule is CC(=O)NCCNc1cc(C(=O)O)nc2ccccc12. The van der Waals surface area contributed by atoms with Crippen molar-refractivity contribution in [1.82, 2.24) is 10.3 Å². The van der Waals surface area contributed by atoms with Crippen LogP contribution >= 0.6 is 0 Å². The Morgan fingerprint density at radius 2 is 2.00 bits per heavy atom. The van der Waals surface area contributed by atoms with E-state index in [4.69, 9.17) is 5.11 Å². The number of carbonyl (C=O) groups excluding carboxylic acids is 1. The highest BCUT2D eigenvalue weighted by Gasteiger charge is 2.10. The van der Waals surface area contributed by atoms with Crippen LogP contribution in [0.5, 0.6) is 0 Å². The molecule has 1 amide bonds. The Labute approximate surface area is 115 Å². The normalized spacial score (nSPS) is 10.2. The van der Waals surface area contributed by atoms with Gasteiger partial charge in [0.15, 0.2) is 5.69 Å². The van der Waals surface area contributed by atoms with Gasteiger partial charge in [-0.1, -0.05) is 18.2 Å². The number of benzene rings is 1. The summed E-state index contributed by atoms with van der Waals surface area (Å²) in [5, 5.41) is 15.7. The van der Waals surface area contributed by atoms with Gasteiger partial charge in [-0.15, -0.1) is 0 Å². The molecule has 0 spiro atoms. The third-order valence-electron chi connectivity index (χ3n) is 2.75. The number of fused-ring (bicyclic) bond motifs is 1. The summed E-state index contributed by atoms with van der Waals surface area (Å²) < 4.78 is 0. The maximum atomic E-state index is 11.1. The summed E-state index contributed by atoms with van der Waals surface area (Å²) in [6, 6.07) is 8.80. The Morgan fingerprint density at radius 1 is 1.25 bits per heavy atom. The van der Waals surface area contributed by atoms with Gasteiger partial charge in [-0.05, 0) is 12.1 Å². The Kier molecular flexibility index (Phi) is 4.14. The van der Waals surface area contributed by atoms with E-state index < -0.39 is 5.97 Å². The van der Waals surface area contributed by atoms with Gasteiger partial charge in [0, 0.05) is 31.1 Å². The average Bonchev–Trinajstić information content (AvgIpc) is 2.42. The summed E-state index contributed by atoms with van der Waals surface area (Å²) in [5.74, 6) is -1.17. The third-order valence-corrected chi connectivity index (χ3v) is 2.75. The van der Waals surface area contributed by atoms with Gasteiger partial charge < -0.3 is 15.7 Å². The van der Waals surface area contributed by atoms with E-state index >= 15 is 0 Å². The Hall–Kier alpha value is -2.63. The van der Waals surface area contributed by atoms with Gasteiger partial charge in [0.05, 0.1) is 5.52 Å². The number of aromatic carboxylic acids is 1. The standard InChI is InChI=1S/C14H15N3O3/c1-9(18)15-6-7-16-12-8-13(14(19)20)17-11-5-3-2-4-10(11)12/h2-5,8H,6-7H2,1H3,(H,15,18)(H,16,17)(H,19,20). The molecule has 0 aliphatic heterocycles. The molecule has 0 saturated carbocycles. The fraction of sp³-hybridized carbons (Fsp3) is 0.214. The molecule has 0 aliphatic rings. The molecule has 104 valence electrons. The second-order valence-corrected chi connectivity index (χ2v) is 4.29. The topological polar surface area (TPSA) is 91.3 Å². The molecule has 6 nitrogen and oxygen atoms in total. The molecular formula is C14H15N3O3. The molecule has 0 saturated heterocycles. The lowest BCUT2D eigenvalue weighted by Crippen LogP contribution is -2.26. The summed E-state index contributed by atoms with van der Waals surface area (Å²) >= 11 is 0. The molecule has 0 aliphatic carbocycles. The van der Waals surface area contributed by atoms with Crippen LogP contribution in [-0.2, 0) is 4.79 Å². The summed E-state index contributed by atoms with van der Waals surface area (Å²) in [5.41, 5.74) is 1.30. The van der Waals surface area contributed by atoms with Gasteiger partial charge in [0.1, 0.15) is 0 Å². The Bertz CT molecular complexity index is 655. The number of nitrogens with zero attached hydrogens (tertiary/aromatic N) is 1. The number of aromatic nitrogens is 1. The average molecular weight is 273 g/mol.